The monoisotopic (exact) mass is 962 g/mol. The number of benzene rings is 5. The molecule has 0 unspecified atom stereocenters. The van der Waals surface area contributed by atoms with Crippen LogP contribution in [0.25, 0.3) is 11.0 Å². The van der Waals surface area contributed by atoms with Gasteiger partial charge < -0.3 is 9.40 Å². The summed E-state index contributed by atoms with van der Waals surface area (Å²) in [4.78, 5) is 8.17. The van der Waals surface area contributed by atoms with E-state index in [1.807, 2.05) is 50.2 Å². The molecule has 0 saturated heterocycles. The molecule has 0 radical (unpaired) electrons. The van der Waals surface area contributed by atoms with Gasteiger partial charge in [-0.3, -0.25) is 0 Å². The van der Waals surface area contributed by atoms with Crippen molar-refractivity contribution < 1.29 is 12.8 Å². The molecule has 0 amide bonds. The first-order valence-corrected chi connectivity index (χ1v) is 25.7. The van der Waals surface area contributed by atoms with Crippen LogP contribution in [0.5, 0.6) is 0 Å². The molecule has 0 aliphatic rings. The number of fused-ring (bicyclic) bond motifs is 1. The van der Waals surface area contributed by atoms with Crippen LogP contribution in [0.15, 0.2) is 160 Å². The highest BCUT2D eigenvalue weighted by molar-refractivity contribution is 9.10. The average Bonchev–Trinajstić information content (AvgIpc) is 3.98. The molecule has 0 saturated carbocycles. The molecule has 0 atom stereocenters. The maximum absolute atomic E-state index is 11.7. The summed E-state index contributed by atoms with van der Waals surface area (Å²) in [6, 6.07) is 44.7. The van der Waals surface area contributed by atoms with E-state index >= 15 is 0 Å². The summed E-state index contributed by atoms with van der Waals surface area (Å²) in [6.07, 6.45) is 5.38. The van der Waals surface area contributed by atoms with Gasteiger partial charge in [0.25, 0.3) is 0 Å². The number of hydrogen-bond acceptors (Lipinski definition) is 4. The number of rotatable bonds is 10. The standard InChI is InChI=1S/C11H16O2S.C10H13Br.C10H12N2.2C10H14.C7H10O/c1-10(2)8-9-14(12,13)11-6-4-3-5-7-11;1-8(2)7-9-3-5-10(11)6-4-9;1-7(2)10-11-8-5-3-4-6-9(8)12-10;2*1-8(2)10-6-4-9(3)5-7-10;1-6(2)7-3-4-8-5-7/h3-7,10H,8-9H2,1-2H3;3-6,8H,7H2,1-2H3;3-7H,1-2H3,(H,11,12);2*4-8H,1-3H3;3-6H,1-2H3. The Morgan fingerprint density at radius 1 is 0.554 bits per heavy atom. The fourth-order valence-electron chi connectivity index (χ4n) is 5.98. The second kappa shape index (κ2) is 29.7. The van der Waals surface area contributed by atoms with Crippen LogP contribution in [-0.4, -0.2) is 24.1 Å². The number of nitrogens with zero attached hydrogens (tertiary/aromatic N) is 1. The SMILES string of the molecule is CC(C)CCS(=O)(=O)c1ccccc1.CC(C)Cc1ccc(Br)cc1.CC(C)c1ccoc1.CC(C)c1nc2ccccc2[nH]1.Cc1ccc(C(C)C)cc1.Cc1ccc(C(C)C)cc1. The second-order valence-electron chi connectivity index (χ2n) is 18.7. The molecule has 1 N–H and O–H groups in total. The van der Waals surface area contributed by atoms with E-state index in [4.69, 9.17) is 4.42 Å². The lowest BCUT2D eigenvalue weighted by atomic mass is 10.0. The van der Waals surface area contributed by atoms with E-state index < -0.39 is 9.84 Å². The maximum Gasteiger partial charge on any atom is 0.178 e. The van der Waals surface area contributed by atoms with Crippen LogP contribution in [0.4, 0.5) is 0 Å². The first kappa shape index (κ1) is 56.4. The summed E-state index contributed by atoms with van der Waals surface area (Å²) in [5.41, 5.74) is 10.4. The first-order chi connectivity index (χ1) is 30.7. The second-order valence-corrected chi connectivity index (χ2v) is 21.7. The topological polar surface area (TPSA) is 76.0 Å². The van der Waals surface area contributed by atoms with Crippen molar-refractivity contribution in [2.45, 2.75) is 138 Å². The number of aromatic nitrogens is 2. The number of aryl methyl sites for hydroxylation is 2. The summed E-state index contributed by atoms with van der Waals surface area (Å²) in [6.45, 7) is 30.2. The van der Waals surface area contributed by atoms with Gasteiger partial charge in [0.2, 0.25) is 0 Å². The summed E-state index contributed by atoms with van der Waals surface area (Å²) in [7, 11) is -3.06. The van der Waals surface area contributed by atoms with Gasteiger partial charge in [-0.05, 0) is 121 Å². The molecule has 5 nitrogen and oxygen atoms in total. The van der Waals surface area contributed by atoms with Crippen molar-refractivity contribution in [3.05, 3.63) is 190 Å². The predicted octanol–water partition coefficient (Wildman–Crippen LogP) is 17.5. The van der Waals surface area contributed by atoms with Gasteiger partial charge in [0, 0.05) is 10.4 Å². The fourth-order valence-corrected chi connectivity index (χ4v) is 7.83. The van der Waals surface area contributed by atoms with Crippen LogP contribution in [0, 0.1) is 25.7 Å². The Morgan fingerprint density at radius 3 is 1.45 bits per heavy atom. The molecule has 65 heavy (non-hydrogen) atoms. The van der Waals surface area contributed by atoms with E-state index in [2.05, 4.69) is 182 Å². The first-order valence-electron chi connectivity index (χ1n) is 23.3. The van der Waals surface area contributed by atoms with Gasteiger partial charge in [-0.1, -0.05) is 201 Å². The number of H-pyrrole nitrogens is 1. The number of halogens is 1. The molecule has 5 aromatic carbocycles. The van der Waals surface area contributed by atoms with Crippen molar-refractivity contribution in [1.82, 2.24) is 9.97 Å². The number of para-hydroxylation sites is 2. The summed E-state index contributed by atoms with van der Waals surface area (Å²) < 4.78 is 29.5. The van der Waals surface area contributed by atoms with Gasteiger partial charge in [0.05, 0.1) is 34.2 Å². The van der Waals surface area contributed by atoms with E-state index in [1.54, 1.807) is 36.8 Å². The molecular weight excluding hydrogens is 885 g/mol. The van der Waals surface area contributed by atoms with Crippen LogP contribution in [0.2, 0.25) is 0 Å². The third-order valence-corrected chi connectivity index (χ3v) is 12.6. The van der Waals surface area contributed by atoms with E-state index in [1.165, 1.54) is 39.8 Å². The zero-order chi connectivity index (χ0) is 48.5. The van der Waals surface area contributed by atoms with Crippen molar-refractivity contribution in [2.75, 3.05) is 5.75 Å². The lowest BCUT2D eigenvalue weighted by molar-refractivity contribution is 0.561. The van der Waals surface area contributed by atoms with Crippen molar-refractivity contribution in [1.29, 1.82) is 0 Å². The van der Waals surface area contributed by atoms with Crippen molar-refractivity contribution >= 4 is 36.8 Å². The molecule has 0 aliphatic carbocycles. The number of hydrogen-bond donors (Lipinski definition) is 1. The molecule has 0 bridgehead atoms. The Kier molecular flexibility index (Phi) is 25.8. The summed E-state index contributed by atoms with van der Waals surface area (Å²) in [5.74, 6) is 4.85. The Labute approximate surface area is 403 Å². The Balaban J connectivity index is 0.000000270. The van der Waals surface area contributed by atoms with Gasteiger partial charge >= 0.3 is 0 Å². The minimum absolute atomic E-state index is 0.245. The van der Waals surface area contributed by atoms with E-state index in [-0.39, 0.29) is 5.75 Å². The van der Waals surface area contributed by atoms with E-state index in [0.717, 1.165) is 33.7 Å². The molecular formula is C58H79BrN2O3S. The lowest BCUT2D eigenvalue weighted by Crippen LogP contribution is -2.08. The van der Waals surface area contributed by atoms with Gasteiger partial charge in [-0.15, -0.1) is 0 Å². The number of aromatic amines is 1. The smallest absolute Gasteiger partial charge is 0.178 e. The minimum Gasteiger partial charge on any atom is -0.472 e. The molecule has 352 valence electrons. The lowest BCUT2D eigenvalue weighted by Gasteiger charge is -2.05. The Morgan fingerprint density at radius 2 is 1.05 bits per heavy atom. The number of furan rings is 1. The van der Waals surface area contributed by atoms with Crippen molar-refractivity contribution in [3.63, 3.8) is 0 Å². The summed E-state index contributed by atoms with van der Waals surface area (Å²) in [5, 5.41) is 0. The van der Waals surface area contributed by atoms with E-state index in [9.17, 15) is 8.42 Å². The molecule has 2 aromatic heterocycles. The van der Waals surface area contributed by atoms with Crippen LogP contribution >= 0.6 is 15.9 Å². The average molecular weight is 964 g/mol. The van der Waals surface area contributed by atoms with Crippen LogP contribution in [-0.2, 0) is 16.3 Å². The molecule has 7 rings (SSSR count). The van der Waals surface area contributed by atoms with Gasteiger partial charge in [0.15, 0.2) is 9.84 Å². The summed E-state index contributed by atoms with van der Waals surface area (Å²) >= 11 is 3.41. The molecule has 0 spiro atoms. The molecule has 0 fully saturated rings. The third-order valence-electron chi connectivity index (χ3n) is 10.3. The zero-order valence-corrected chi connectivity index (χ0v) is 44.3. The van der Waals surface area contributed by atoms with E-state index in [0.29, 0.717) is 34.5 Å². The van der Waals surface area contributed by atoms with Gasteiger partial charge in [-0.25, -0.2) is 13.4 Å². The molecule has 7 aromatic rings. The van der Waals surface area contributed by atoms with Crippen molar-refractivity contribution in [2.24, 2.45) is 11.8 Å². The fraction of sp³-hybridized carbons (Fsp3) is 0.397. The normalized spacial score (nSPS) is 10.9. The number of imidazole rings is 1. The van der Waals surface area contributed by atoms with Crippen LogP contribution in [0.1, 0.15) is 152 Å². The largest absolute Gasteiger partial charge is 0.472 e. The van der Waals surface area contributed by atoms with Crippen LogP contribution < -0.4 is 0 Å². The molecule has 7 heteroatoms. The third kappa shape index (κ3) is 23.3. The quantitative estimate of drug-likeness (QED) is 0.148. The predicted molar refractivity (Wildman–Crippen MR) is 284 cm³/mol. The number of nitrogens with one attached hydrogen (secondary N) is 1. The van der Waals surface area contributed by atoms with Crippen molar-refractivity contribution in [3.8, 4) is 0 Å². The van der Waals surface area contributed by atoms with Crippen LogP contribution in [0.3, 0.4) is 0 Å². The van der Waals surface area contributed by atoms with Gasteiger partial charge in [-0.2, -0.15) is 0 Å². The molecule has 2 heterocycles. The maximum atomic E-state index is 11.7. The molecule has 0 aliphatic heterocycles. The Hall–Kier alpha value is -4.72. The zero-order valence-electron chi connectivity index (χ0n) is 41.9. The highest BCUT2D eigenvalue weighted by atomic mass is 79.9. The van der Waals surface area contributed by atoms with Gasteiger partial charge in [0.1, 0.15) is 5.82 Å². The minimum atomic E-state index is -3.06. The highest BCUT2D eigenvalue weighted by Crippen LogP contribution is 2.18. The number of sulfone groups is 1. The Bertz CT molecular complexity index is 2300. The highest BCUT2D eigenvalue weighted by Gasteiger charge is 2.14.